The molecular formula is C22H27N5O2. The van der Waals surface area contributed by atoms with E-state index < -0.39 is 0 Å². The third-order valence-corrected chi connectivity index (χ3v) is 5.57. The van der Waals surface area contributed by atoms with Gasteiger partial charge < -0.3 is 9.47 Å². The van der Waals surface area contributed by atoms with Crippen LogP contribution in [0.15, 0.2) is 42.9 Å². The Kier molecular flexibility index (Phi) is 5.76. The van der Waals surface area contributed by atoms with Crippen LogP contribution in [0.3, 0.4) is 0 Å². The molecule has 2 aromatic heterocycles. The van der Waals surface area contributed by atoms with Crippen molar-refractivity contribution in [2.75, 3.05) is 20.2 Å². The summed E-state index contributed by atoms with van der Waals surface area (Å²) in [5.41, 5.74) is 3.48. The van der Waals surface area contributed by atoms with Gasteiger partial charge >= 0.3 is 0 Å². The topological polar surface area (TPSA) is 65.3 Å². The molecule has 0 amide bonds. The van der Waals surface area contributed by atoms with Crippen molar-refractivity contribution in [2.45, 2.75) is 32.2 Å². The van der Waals surface area contributed by atoms with Crippen molar-refractivity contribution in [1.29, 1.82) is 0 Å². The van der Waals surface area contributed by atoms with E-state index in [0.717, 1.165) is 38.2 Å². The lowest BCUT2D eigenvalue weighted by molar-refractivity contribution is 0.197. The van der Waals surface area contributed by atoms with Gasteiger partial charge in [-0.15, -0.1) is 0 Å². The van der Waals surface area contributed by atoms with Gasteiger partial charge in [-0.1, -0.05) is 12.1 Å². The van der Waals surface area contributed by atoms with E-state index >= 15 is 0 Å². The van der Waals surface area contributed by atoms with E-state index in [9.17, 15) is 0 Å². The third-order valence-electron chi connectivity index (χ3n) is 5.57. The first kappa shape index (κ1) is 19.4. The summed E-state index contributed by atoms with van der Waals surface area (Å²) in [5.74, 6) is 2.15. The number of benzene rings is 1. The molecule has 1 aromatic carbocycles. The van der Waals surface area contributed by atoms with Gasteiger partial charge in [-0.05, 0) is 38.4 Å². The minimum Gasteiger partial charge on any atom is -0.493 e. The fourth-order valence-corrected chi connectivity index (χ4v) is 3.80. The Morgan fingerprint density at radius 1 is 1.14 bits per heavy atom. The van der Waals surface area contributed by atoms with Crippen LogP contribution in [0.25, 0.3) is 0 Å². The van der Waals surface area contributed by atoms with Gasteiger partial charge in [0.2, 0.25) is 5.88 Å². The Hall–Kier alpha value is -2.93. The molecule has 7 nitrogen and oxygen atoms in total. The van der Waals surface area contributed by atoms with Gasteiger partial charge in [0.25, 0.3) is 0 Å². The van der Waals surface area contributed by atoms with E-state index in [2.05, 4.69) is 21.9 Å². The number of rotatable bonds is 6. The van der Waals surface area contributed by atoms with Gasteiger partial charge in [0.05, 0.1) is 25.2 Å². The summed E-state index contributed by atoms with van der Waals surface area (Å²) in [6.07, 6.45) is 7.73. The van der Waals surface area contributed by atoms with Crippen LogP contribution in [-0.2, 0) is 13.6 Å². The monoisotopic (exact) mass is 393 g/mol. The number of likely N-dealkylation sites (tertiary alicyclic amines) is 1. The summed E-state index contributed by atoms with van der Waals surface area (Å²) in [4.78, 5) is 11.6. The van der Waals surface area contributed by atoms with Crippen molar-refractivity contribution in [3.8, 4) is 17.4 Å². The molecule has 0 aliphatic carbocycles. The number of hydrogen-bond acceptors (Lipinski definition) is 6. The summed E-state index contributed by atoms with van der Waals surface area (Å²) in [7, 11) is 3.62. The molecule has 0 bridgehead atoms. The van der Waals surface area contributed by atoms with E-state index in [-0.39, 0.29) is 0 Å². The molecule has 152 valence electrons. The molecular weight excluding hydrogens is 366 g/mol. The maximum atomic E-state index is 5.95. The zero-order valence-corrected chi connectivity index (χ0v) is 17.2. The van der Waals surface area contributed by atoms with E-state index in [1.807, 2.05) is 48.4 Å². The summed E-state index contributed by atoms with van der Waals surface area (Å²) in [5, 5.41) is 4.37. The number of aryl methyl sites for hydroxylation is 1. The molecule has 1 atom stereocenters. The molecule has 4 rings (SSSR count). The lowest BCUT2D eigenvalue weighted by Crippen LogP contribution is -2.34. The fraction of sp³-hybridized carbons (Fsp3) is 0.409. The van der Waals surface area contributed by atoms with Gasteiger partial charge in [-0.2, -0.15) is 5.10 Å². The largest absolute Gasteiger partial charge is 0.493 e. The van der Waals surface area contributed by atoms with Gasteiger partial charge in [-0.3, -0.25) is 14.6 Å². The Balaban J connectivity index is 1.46. The third kappa shape index (κ3) is 4.40. The molecule has 0 N–H and O–H groups in total. The highest BCUT2D eigenvalue weighted by Gasteiger charge is 2.24. The molecule has 7 heteroatoms. The summed E-state index contributed by atoms with van der Waals surface area (Å²) < 4.78 is 13.2. The van der Waals surface area contributed by atoms with Crippen LogP contribution < -0.4 is 9.47 Å². The predicted molar refractivity (Wildman–Crippen MR) is 110 cm³/mol. The number of aromatic nitrogens is 4. The molecule has 0 radical (unpaired) electrons. The van der Waals surface area contributed by atoms with Crippen LogP contribution in [0.4, 0.5) is 0 Å². The first-order valence-corrected chi connectivity index (χ1v) is 9.96. The zero-order chi connectivity index (χ0) is 20.2. The Morgan fingerprint density at radius 2 is 1.97 bits per heavy atom. The average Bonchev–Trinajstić information content (AvgIpc) is 3.07. The maximum absolute atomic E-state index is 5.95. The van der Waals surface area contributed by atoms with Gasteiger partial charge in [-0.25, -0.2) is 4.98 Å². The minimum atomic E-state index is 0.342. The van der Waals surface area contributed by atoms with Gasteiger partial charge in [0.1, 0.15) is 0 Å². The second-order valence-electron chi connectivity index (χ2n) is 7.49. The molecule has 1 aliphatic heterocycles. The maximum Gasteiger partial charge on any atom is 0.238 e. The van der Waals surface area contributed by atoms with Crippen LogP contribution in [0.2, 0.25) is 0 Å². The summed E-state index contributed by atoms with van der Waals surface area (Å²) in [6.45, 7) is 5.09. The number of hydrogen-bond donors (Lipinski definition) is 0. The van der Waals surface area contributed by atoms with Crippen molar-refractivity contribution in [3.63, 3.8) is 0 Å². The van der Waals surface area contributed by atoms with Crippen LogP contribution in [0, 0.1) is 6.92 Å². The van der Waals surface area contributed by atoms with Crippen LogP contribution in [0.1, 0.15) is 35.7 Å². The van der Waals surface area contributed by atoms with Gasteiger partial charge in [0.15, 0.2) is 11.5 Å². The molecule has 1 aliphatic rings. The van der Waals surface area contributed by atoms with Crippen molar-refractivity contribution >= 4 is 0 Å². The van der Waals surface area contributed by atoms with Crippen LogP contribution in [0.5, 0.6) is 17.4 Å². The number of piperidine rings is 1. The first-order chi connectivity index (χ1) is 14.1. The number of nitrogens with zero attached hydrogens (tertiary/aromatic N) is 5. The van der Waals surface area contributed by atoms with E-state index in [1.165, 1.54) is 11.3 Å². The Morgan fingerprint density at radius 3 is 2.72 bits per heavy atom. The Labute approximate surface area is 171 Å². The molecule has 3 heterocycles. The van der Waals surface area contributed by atoms with Crippen molar-refractivity contribution in [2.24, 2.45) is 7.05 Å². The van der Waals surface area contributed by atoms with Crippen molar-refractivity contribution < 1.29 is 9.47 Å². The fourth-order valence-electron chi connectivity index (χ4n) is 3.80. The highest BCUT2D eigenvalue weighted by atomic mass is 16.5. The quantitative estimate of drug-likeness (QED) is 0.636. The molecule has 1 saturated heterocycles. The smallest absolute Gasteiger partial charge is 0.238 e. The summed E-state index contributed by atoms with van der Waals surface area (Å²) >= 11 is 0. The molecule has 0 unspecified atom stereocenters. The number of ether oxygens (including phenoxy) is 2. The average molecular weight is 393 g/mol. The zero-order valence-electron chi connectivity index (χ0n) is 17.2. The highest BCUT2D eigenvalue weighted by molar-refractivity contribution is 5.41. The first-order valence-electron chi connectivity index (χ1n) is 9.96. The number of methoxy groups -OCH3 is 1. The van der Waals surface area contributed by atoms with Crippen LogP contribution >= 0.6 is 0 Å². The van der Waals surface area contributed by atoms with Gasteiger partial charge in [0, 0.05) is 43.5 Å². The predicted octanol–water partition coefficient (Wildman–Crippen LogP) is 3.70. The second kappa shape index (κ2) is 8.61. The van der Waals surface area contributed by atoms with E-state index in [0.29, 0.717) is 23.3 Å². The molecule has 0 spiro atoms. The molecule has 29 heavy (non-hydrogen) atoms. The lowest BCUT2D eigenvalue weighted by atomic mass is 9.94. The van der Waals surface area contributed by atoms with E-state index in [4.69, 9.17) is 14.5 Å². The van der Waals surface area contributed by atoms with E-state index in [1.54, 1.807) is 13.3 Å². The minimum absolute atomic E-state index is 0.342. The lowest BCUT2D eigenvalue weighted by Gasteiger charge is -2.32. The second-order valence-corrected chi connectivity index (χ2v) is 7.49. The van der Waals surface area contributed by atoms with Crippen LogP contribution in [-0.4, -0.2) is 44.8 Å². The Bertz CT molecular complexity index is 971. The van der Waals surface area contributed by atoms with Crippen molar-refractivity contribution in [1.82, 2.24) is 24.6 Å². The summed E-state index contributed by atoms with van der Waals surface area (Å²) in [6, 6.07) is 7.56. The standard InChI is InChI=1S/C22H27N5O2/c1-16-18(11-24-26(16)2)15-27-10-6-7-17(14-27)19-12-23-13-22(25-19)29-21-9-5-4-8-20(21)28-3/h4-5,8-9,11-13,17H,6-7,10,14-15H2,1-3H3/t17-/m0/s1. The van der Waals surface area contributed by atoms with Crippen molar-refractivity contribution in [3.05, 3.63) is 59.8 Å². The molecule has 3 aromatic rings. The molecule has 0 saturated carbocycles. The number of para-hydroxylation sites is 2. The SMILES string of the molecule is COc1ccccc1Oc1cncc([C@H]2CCCN(Cc3cnn(C)c3C)C2)n1. The normalized spacial score (nSPS) is 17.3. The molecule has 1 fully saturated rings. The highest BCUT2D eigenvalue weighted by Crippen LogP contribution is 2.31.